The summed E-state index contributed by atoms with van der Waals surface area (Å²) >= 11 is 5.96. The van der Waals surface area contributed by atoms with Gasteiger partial charge in [0, 0.05) is 47.5 Å². The molecule has 182 valence electrons. The fraction of sp³-hybridized carbons (Fsp3) is 0.222. The number of amides is 2. The molecular weight excluding hydrogens is 483 g/mol. The van der Waals surface area contributed by atoms with Crippen LogP contribution in [0.4, 0.5) is 11.4 Å². The number of amidine groups is 1. The van der Waals surface area contributed by atoms with Gasteiger partial charge in [-0.25, -0.2) is 0 Å². The zero-order chi connectivity index (χ0) is 24.2. The van der Waals surface area contributed by atoms with Gasteiger partial charge >= 0.3 is 0 Å². The summed E-state index contributed by atoms with van der Waals surface area (Å²) in [5, 5.41) is 8.11. The Hall–Kier alpha value is -3.35. The van der Waals surface area contributed by atoms with Crippen LogP contribution in [-0.4, -0.2) is 31.2 Å². The van der Waals surface area contributed by atoms with Gasteiger partial charge in [-0.3, -0.25) is 15.0 Å². The topological polar surface area (TPSA) is 90.5 Å². The summed E-state index contributed by atoms with van der Waals surface area (Å²) < 4.78 is 0. The van der Waals surface area contributed by atoms with Crippen molar-refractivity contribution < 1.29 is 9.59 Å². The summed E-state index contributed by atoms with van der Waals surface area (Å²) in [6, 6.07) is 20.1. The number of aryl methyl sites for hydroxylation is 2. The van der Waals surface area contributed by atoms with Gasteiger partial charge in [-0.1, -0.05) is 35.9 Å². The average molecular weight is 511 g/mol. The van der Waals surface area contributed by atoms with Crippen LogP contribution in [-0.2, 0) is 17.6 Å². The summed E-state index contributed by atoms with van der Waals surface area (Å²) in [5.74, 6) is -0.0127. The Bertz CT molecular complexity index is 1230. The molecule has 0 bridgehead atoms. The van der Waals surface area contributed by atoms with Crippen LogP contribution in [0.5, 0.6) is 0 Å². The molecule has 1 aliphatic rings. The van der Waals surface area contributed by atoms with Crippen LogP contribution in [0.2, 0.25) is 5.02 Å². The van der Waals surface area contributed by atoms with E-state index in [2.05, 4.69) is 0 Å². The van der Waals surface area contributed by atoms with Crippen LogP contribution in [0.1, 0.15) is 39.9 Å². The number of rotatable bonds is 6. The Morgan fingerprint density at radius 2 is 1.69 bits per heavy atom. The molecule has 0 atom stereocenters. The Morgan fingerprint density at radius 1 is 1.03 bits per heavy atom. The zero-order valence-corrected chi connectivity index (χ0v) is 21.0. The maximum absolute atomic E-state index is 13.0. The van der Waals surface area contributed by atoms with E-state index in [9.17, 15) is 9.59 Å². The third kappa shape index (κ3) is 6.02. The number of carbonyl (C=O) groups excluding carboxylic acids is 2. The molecule has 8 heteroatoms. The third-order valence-corrected chi connectivity index (χ3v) is 6.41. The van der Waals surface area contributed by atoms with Crippen molar-refractivity contribution in [2.45, 2.75) is 25.7 Å². The summed E-state index contributed by atoms with van der Waals surface area (Å²) in [6.07, 6.45) is 2.69. The molecule has 0 saturated heterocycles. The number of nitrogens with zero attached hydrogens (tertiary/aromatic N) is 2. The molecule has 0 saturated carbocycles. The predicted octanol–water partition coefficient (Wildman–Crippen LogP) is 5.23. The van der Waals surface area contributed by atoms with Crippen molar-refractivity contribution in [3.8, 4) is 0 Å². The van der Waals surface area contributed by atoms with Crippen LogP contribution in [0.25, 0.3) is 0 Å². The molecule has 0 fully saturated rings. The standard InChI is InChI=1S/C27H27ClN4O2.ClH/c1-31(23-12-10-22(28)11-13-23)27(34)21-9-14-24-20(17-21)3-2-16-32(24)25(33)15-6-18-4-7-19(8-5-18)26(29)30;/h4-5,7-14,17H,2-3,6,15-16H2,1H3,(H3,29,30);1H. The van der Waals surface area contributed by atoms with Crippen molar-refractivity contribution in [1.82, 2.24) is 0 Å². The molecule has 3 N–H and O–H groups in total. The number of nitrogens with two attached hydrogens (primary N) is 1. The Kier molecular flexibility index (Phi) is 8.54. The van der Waals surface area contributed by atoms with E-state index in [1.807, 2.05) is 41.3 Å². The van der Waals surface area contributed by atoms with Gasteiger partial charge in [-0.2, -0.15) is 0 Å². The van der Waals surface area contributed by atoms with E-state index < -0.39 is 0 Å². The molecule has 0 aromatic heterocycles. The summed E-state index contributed by atoms with van der Waals surface area (Å²) in [4.78, 5) is 29.5. The van der Waals surface area contributed by atoms with Crippen molar-refractivity contribution >= 4 is 53.0 Å². The average Bonchev–Trinajstić information content (AvgIpc) is 2.86. The Morgan fingerprint density at radius 3 is 2.34 bits per heavy atom. The number of nitrogen functional groups attached to an aromatic ring is 1. The highest BCUT2D eigenvalue weighted by molar-refractivity contribution is 6.30. The van der Waals surface area contributed by atoms with E-state index in [0.29, 0.717) is 35.5 Å². The van der Waals surface area contributed by atoms with E-state index in [4.69, 9.17) is 22.7 Å². The third-order valence-electron chi connectivity index (χ3n) is 6.16. The highest BCUT2D eigenvalue weighted by Gasteiger charge is 2.24. The minimum absolute atomic E-state index is 0. The van der Waals surface area contributed by atoms with Crippen molar-refractivity contribution in [2.24, 2.45) is 5.73 Å². The smallest absolute Gasteiger partial charge is 0.258 e. The largest absolute Gasteiger partial charge is 0.384 e. The fourth-order valence-corrected chi connectivity index (χ4v) is 4.33. The number of hydrogen-bond donors (Lipinski definition) is 2. The molecule has 0 spiro atoms. The minimum Gasteiger partial charge on any atom is -0.384 e. The van der Waals surface area contributed by atoms with Gasteiger partial charge in [0.15, 0.2) is 0 Å². The predicted molar refractivity (Wildman–Crippen MR) is 144 cm³/mol. The highest BCUT2D eigenvalue weighted by Crippen LogP contribution is 2.30. The second-order valence-electron chi connectivity index (χ2n) is 8.44. The lowest BCUT2D eigenvalue weighted by atomic mass is 9.98. The van der Waals surface area contributed by atoms with E-state index in [0.717, 1.165) is 35.3 Å². The number of anilines is 2. The van der Waals surface area contributed by atoms with Crippen molar-refractivity contribution in [3.05, 3.63) is 94.0 Å². The van der Waals surface area contributed by atoms with Crippen molar-refractivity contribution in [2.75, 3.05) is 23.4 Å². The summed E-state index contributed by atoms with van der Waals surface area (Å²) in [5.41, 5.74) is 10.5. The van der Waals surface area contributed by atoms with Crippen molar-refractivity contribution in [3.63, 3.8) is 0 Å². The fourth-order valence-electron chi connectivity index (χ4n) is 4.20. The molecule has 3 aromatic carbocycles. The first-order valence-electron chi connectivity index (χ1n) is 11.2. The molecule has 35 heavy (non-hydrogen) atoms. The molecule has 2 amide bonds. The van der Waals surface area contributed by atoms with Gasteiger partial charge < -0.3 is 15.5 Å². The van der Waals surface area contributed by atoms with Crippen LogP contribution >= 0.6 is 24.0 Å². The highest BCUT2D eigenvalue weighted by atomic mass is 35.5. The Labute approximate surface area is 216 Å². The summed E-state index contributed by atoms with van der Waals surface area (Å²) in [7, 11) is 1.74. The molecule has 1 heterocycles. The maximum atomic E-state index is 13.0. The van der Waals surface area contributed by atoms with Gasteiger partial charge in [0.2, 0.25) is 5.91 Å². The van der Waals surface area contributed by atoms with Gasteiger partial charge in [0.25, 0.3) is 5.91 Å². The van der Waals surface area contributed by atoms with Crippen molar-refractivity contribution in [1.29, 1.82) is 5.41 Å². The first-order chi connectivity index (χ1) is 16.3. The minimum atomic E-state index is -0.109. The van der Waals surface area contributed by atoms with Gasteiger partial charge in [0.1, 0.15) is 5.84 Å². The van der Waals surface area contributed by atoms with Crippen LogP contribution in [0.15, 0.2) is 66.7 Å². The molecule has 4 rings (SSSR count). The quantitative estimate of drug-likeness (QED) is 0.351. The van der Waals surface area contributed by atoms with E-state index >= 15 is 0 Å². The number of nitrogens with one attached hydrogen (secondary N) is 1. The molecule has 0 radical (unpaired) electrons. The molecule has 0 unspecified atom stereocenters. The van der Waals surface area contributed by atoms with E-state index in [-0.39, 0.29) is 30.1 Å². The molecular formula is C27H28Cl2N4O2. The lowest BCUT2D eigenvalue weighted by molar-refractivity contribution is -0.118. The SMILES string of the molecule is CN(C(=O)c1ccc2c(c1)CCCN2C(=O)CCc1ccc(C(=N)N)cc1)c1ccc(Cl)cc1.Cl. The lowest BCUT2D eigenvalue weighted by Gasteiger charge is -2.30. The second-order valence-corrected chi connectivity index (χ2v) is 8.88. The van der Waals surface area contributed by atoms with E-state index in [1.54, 1.807) is 42.3 Å². The first kappa shape index (κ1) is 26.3. The summed E-state index contributed by atoms with van der Waals surface area (Å²) in [6.45, 7) is 0.674. The molecule has 0 aliphatic carbocycles. The monoisotopic (exact) mass is 510 g/mol. The second kappa shape index (κ2) is 11.4. The van der Waals surface area contributed by atoms with Gasteiger partial charge in [0.05, 0.1) is 0 Å². The van der Waals surface area contributed by atoms with Crippen LogP contribution < -0.4 is 15.5 Å². The molecule has 3 aromatic rings. The molecule has 1 aliphatic heterocycles. The normalized spacial score (nSPS) is 12.3. The Balaban J connectivity index is 0.00000342. The number of benzene rings is 3. The van der Waals surface area contributed by atoms with E-state index in [1.165, 1.54) is 0 Å². The first-order valence-corrected chi connectivity index (χ1v) is 11.6. The lowest BCUT2D eigenvalue weighted by Crippen LogP contribution is -2.36. The number of carbonyl (C=O) groups is 2. The van der Waals surface area contributed by atoms with Gasteiger partial charge in [-0.05, 0) is 72.9 Å². The van der Waals surface area contributed by atoms with Crippen LogP contribution in [0, 0.1) is 5.41 Å². The molecule has 6 nitrogen and oxygen atoms in total. The zero-order valence-electron chi connectivity index (χ0n) is 19.5. The number of fused-ring (bicyclic) bond motifs is 1. The van der Waals surface area contributed by atoms with Crippen LogP contribution in [0.3, 0.4) is 0 Å². The number of halogens is 2. The maximum Gasteiger partial charge on any atom is 0.258 e. The number of hydrogen-bond acceptors (Lipinski definition) is 3. The van der Waals surface area contributed by atoms with Gasteiger partial charge in [-0.15, -0.1) is 12.4 Å².